The minimum atomic E-state index is -0.284. The number of aromatic amines is 2. The lowest BCUT2D eigenvalue weighted by atomic mass is 9.97. The number of halogens is 1. The molecule has 2 N–H and O–H groups in total. The van der Waals surface area contributed by atoms with Crippen LogP contribution in [0.4, 0.5) is 4.39 Å². The number of hydrogen-bond acceptors (Lipinski definition) is 3. The van der Waals surface area contributed by atoms with Crippen LogP contribution >= 0.6 is 0 Å². The Morgan fingerprint density at radius 1 is 1.11 bits per heavy atom. The van der Waals surface area contributed by atoms with Crippen molar-refractivity contribution in [2.24, 2.45) is 0 Å². The van der Waals surface area contributed by atoms with Crippen LogP contribution in [0.2, 0.25) is 0 Å². The van der Waals surface area contributed by atoms with Crippen LogP contribution in [0.1, 0.15) is 29.4 Å². The first kappa shape index (κ1) is 24.7. The summed E-state index contributed by atoms with van der Waals surface area (Å²) in [7, 11) is 3.96. The number of nitrogens with zero attached hydrogens (tertiary/aromatic N) is 3. The molecule has 0 aliphatic rings. The molecule has 0 amide bonds. The highest BCUT2D eigenvalue weighted by Crippen LogP contribution is 2.33. The third kappa shape index (κ3) is 4.84. The molecule has 0 fully saturated rings. The van der Waals surface area contributed by atoms with E-state index in [0.717, 1.165) is 61.8 Å². The van der Waals surface area contributed by atoms with Gasteiger partial charge in [0.2, 0.25) is 0 Å². The van der Waals surface area contributed by atoms with Gasteiger partial charge in [0, 0.05) is 31.0 Å². The summed E-state index contributed by atoms with van der Waals surface area (Å²) in [6.45, 7) is 11.7. The van der Waals surface area contributed by atoms with Crippen molar-refractivity contribution in [3.8, 4) is 11.4 Å². The number of pyridine rings is 1. The van der Waals surface area contributed by atoms with E-state index in [1.54, 1.807) is 12.1 Å². The molecule has 0 aliphatic heterocycles. The molecule has 0 aliphatic carbocycles. The van der Waals surface area contributed by atoms with E-state index in [1.807, 2.05) is 75.3 Å². The van der Waals surface area contributed by atoms with E-state index in [-0.39, 0.29) is 5.82 Å². The van der Waals surface area contributed by atoms with Crippen molar-refractivity contribution in [3.05, 3.63) is 120 Å². The van der Waals surface area contributed by atoms with Gasteiger partial charge in [0.05, 0.1) is 16.9 Å². The van der Waals surface area contributed by atoms with Gasteiger partial charge in [-0.25, -0.2) is 9.37 Å². The van der Waals surface area contributed by atoms with Gasteiger partial charge in [0.15, 0.2) is 0 Å². The summed E-state index contributed by atoms with van der Waals surface area (Å²) in [5.41, 5.74) is 9.48. The maximum absolute atomic E-state index is 14.0. The molecule has 4 aromatic rings. The highest BCUT2D eigenvalue weighted by atomic mass is 19.1. The number of hydrogen-bond donors (Lipinski definition) is 2. The van der Waals surface area contributed by atoms with Gasteiger partial charge in [-0.1, -0.05) is 43.5 Å². The summed E-state index contributed by atoms with van der Waals surface area (Å²) < 4.78 is 14.0. The maximum atomic E-state index is 14.0. The highest BCUT2D eigenvalue weighted by Gasteiger charge is 2.17. The van der Waals surface area contributed by atoms with Gasteiger partial charge in [0.25, 0.3) is 0 Å². The topological polar surface area (TPSA) is 60.6 Å². The highest BCUT2D eigenvalue weighted by molar-refractivity contribution is 5.92. The molecule has 0 saturated carbocycles. The summed E-state index contributed by atoms with van der Waals surface area (Å²) in [6, 6.07) is 12.6. The summed E-state index contributed by atoms with van der Waals surface area (Å²) >= 11 is 0. The van der Waals surface area contributed by atoms with Crippen LogP contribution in [0.3, 0.4) is 0 Å². The zero-order valence-corrected chi connectivity index (χ0v) is 21.1. The first-order valence-corrected chi connectivity index (χ1v) is 11.7. The molecule has 0 unspecified atom stereocenters. The average molecular weight is 480 g/mol. The molecule has 1 aromatic carbocycles. The van der Waals surface area contributed by atoms with Crippen molar-refractivity contribution in [1.29, 1.82) is 0 Å². The zero-order valence-electron chi connectivity index (χ0n) is 21.1. The van der Waals surface area contributed by atoms with Crippen LogP contribution in [0.15, 0.2) is 91.7 Å². The minimum absolute atomic E-state index is 0.284. The van der Waals surface area contributed by atoms with E-state index in [1.165, 1.54) is 12.1 Å². The van der Waals surface area contributed by atoms with Crippen LogP contribution in [0.25, 0.3) is 33.6 Å². The summed E-state index contributed by atoms with van der Waals surface area (Å²) in [4.78, 5) is 10.4. The number of aryl methyl sites for hydroxylation is 1. The standard InChI is InChI=1S/C30H30FN5/c1-7-11-24(21-12-10-13-22(31)16-21)25-18-28(32-19(25)4)30-29-27(34-35-30)15-14-26(33-29)20(8-2)17-23(9-3)36(5)6/h7-18,32H,1,3H2,2,4-6H3,(H,34,35)/b20-8+,23-17+,24-11-. The number of fused-ring (bicyclic) bond motifs is 1. The molecule has 0 bridgehead atoms. The Balaban J connectivity index is 1.80. The summed E-state index contributed by atoms with van der Waals surface area (Å²) in [5, 5.41) is 7.66. The second-order valence-corrected chi connectivity index (χ2v) is 8.62. The van der Waals surface area contributed by atoms with E-state index in [9.17, 15) is 4.39 Å². The van der Waals surface area contributed by atoms with Gasteiger partial charge in [-0.05, 0) is 73.0 Å². The fraction of sp³-hybridized carbons (Fsp3) is 0.133. The molecule has 36 heavy (non-hydrogen) atoms. The molecule has 0 radical (unpaired) electrons. The predicted octanol–water partition coefficient (Wildman–Crippen LogP) is 7.05. The Morgan fingerprint density at radius 2 is 1.92 bits per heavy atom. The van der Waals surface area contributed by atoms with Crippen LogP contribution in [-0.2, 0) is 0 Å². The van der Waals surface area contributed by atoms with Crippen molar-refractivity contribution in [3.63, 3.8) is 0 Å². The normalized spacial score (nSPS) is 12.8. The first-order chi connectivity index (χ1) is 17.4. The third-order valence-electron chi connectivity index (χ3n) is 6.02. The number of likely N-dealkylation sites (N-methyl/N-ethyl adjacent to an activating group) is 1. The first-order valence-electron chi connectivity index (χ1n) is 11.7. The SMILES string of the molecule is C=C/C=C(/c1cccc(F)c1)c1cc(-c2n[nH]c3ccc(C(=C/C)/C=C(\C=C)N(C)C)nc23)[nH]c1C. The lowest BCUT2D eigenvalue weighted by Crippen LogP contribution is -2.09. The summed E-state index contributed by atoms with van der Waals surface area (Å²) in [6.07, 6.45) is 9.51. The van der Waals surface area contributed by atoms with Gasteiger partial charge in [0.1, 0.15) is 17.0 Å². The number of nitrogens with one attached hydrogen (secondary N) is 2. The fourth-order valence-corrected chi connectivity index (χ4v) is 4.16. The number of H-pyrrole nitrogens is 2. The van der Waals surface area contributed by atoms with Crippen molar-refractivity contribution in [2.45, 2.75) is 13.8 Å². The number of aromatic nitrogens is 4. The largest absolute Gasteiger partial charge is 0.378 e. The van der Waals surface area contributed by atoms with Crippen LogP contribution in [-0.4, -0.2) is 39.2 Å². The molecule has 3 heterocycles. The Labute approximate surface area is 211 Å². The molecule has 0 spiro atoms. The van der Waals surface area contributed by atoms with E-state index >= 15 is 0 Å². The minimum Gasteiger partial charge on any atom is -0.378 e. The van der Waals surface area contributed by atoms with Crippen LogP contribution in [0.5, 0.6) is 0 Å². The Bertz CT molecular complexity index is 1530. The number of rotatable bonds is 8. The molecule has 6 heteroatoms. The fourth-order valence-electron chi connectivity index (χ4n) is 4.16. The number of allylic oxidation sites excluding steroid dienone is 6. The molecular formula is C30H30FN5. The average Bonchev–Trinajstić information content (AvgIpc) is 3.45. The lowest BCUT2D eigenvalue weighted by molar-refractivity contribution is 0.530. The van der Waals surface area contributed by atoms with Crippen LogP contribution < -0.4 is 0 Å². The molecule has 5 nitrogen and oxygen atoms in total. The van der Waals surface area contributed by atoms with Gasteiger partial charge >= 0.3 is 0 Å². The monoisotopic (exact) mass is 479 g/mol. The molecule has 0 saturated heterocycles. The lowest BCUT2D eigenvalue weighted by Gasteiger charge is -2.14. The Morgan fingerprint density at radius 3 is 2.58 bits per heavy atom. The van der Waals surface area contributed by atoms with E-state index < -0.39 is 0 Å². The van der Waals surface area contributed by atoms with Gasteiger partial charge in [-0.2, -0.15) is 5.10 Å². The molecule has 0 atom stereocenters. The van der Waals surface area contributed by atoms with E-state index in [0.29, 0.717) is 0 Å². The van der Waals surface area contributed by atoms with E-state index in [4.69, 9.17) is 4.98 Å². The zero-order chi connectivity index (χ0) is 25.8. The van der Waals surface area contributed by atoms with Gasteiger partial charge in [-0.3, -0.25) is 5.10 Å². The van der Waals surface area contributed by atoms with E-state index in [2.05, 4.69) is 34.4 Å². The van der Waals surface area contributed by atoms with Crippen molar-refractivity contribution in [1.82, 2.24) is 25.1 Å². The van der Waals surface area contributed by atoms with Crippen molar-refractivity contribution >= 4 is 22.2 Å². The predicted molar refractivity (Wildman–Crippen MR) is 148 cm³/mol. The van der Waals surface area contributed by atoms with Crippen molar-refractivity contribution in [2.75, 3.05) is 14.1 Å². The molecule has 4 rings (SSSR count). The second-order valence-electron chi connectivity index (χ2n) is 8.62. The quantitative estimate of drug-likeness (QED) is 0.266. The van der Waals surface area contributed by atoms with Crippen LogP contribution in [0, 0.1) is 12.7 Å². The second kappa shape index (κ2) is 10.4. The number of benzene rings is 1. The molecular weight excluding hydrogens is 449 g/mol. The maximum Gasteiger partial charge on any atom is 0.135 e. The molecule has 3 aromatic heterocycles. The third-order valence-corrected chi connectivity index (χ3v) is 6.02. The smallest absolute Gasteiger partial charge is 0.135 e. The summed E-state index contributed by atoms with van der Waals surface area (Å²) in [5.74, 6) is -0.284. The molecule has 182 valence electrons. The van der Waals surface area contributed by atoms with Gasteiger partial charge < -0.3 is 9.88 Å². The van der Waals surface area contributed by atoms with Crippen molar-refractivity contribution < 1.29 is 4.39 Å². The van der Waals surface area contributed by atoms with Gasteiger partial charge in [-0.15, -0.1) is 0 Å². The Hall–Kier alpha value is -4.45. The Kier molecular flexibility index (Phi) is 7.15.